The number of rotatable bonds is 17. The maximum Gasteiger partial charge on any atom is 0.310 e. The second-order valence-corrected chi connectivity index (χ2v) is 12.1. The van der Waals surface area contributed by atoms with Crippen molar-refractivity contribution in [2.75, 3.05) is 13.2 Å². The number of carboxylic acid groups (broad SMARTS) is 4. The van der Waals surface area contributed by atoms with Gasteiger partial charge in [-0.25, -0.2) is 0 Å². The molecular formula is C28H46O12. The highest BCUT2D eigenvalue weighted by Crippen LogP contribution is 2.49. The minimum Gasteiger partial charge on any atom is -0.481 e. The molecule has 0 heterocycles. The third-order valence-corrected chi connectivity index (χ3v) is 9.33. The molecule has 0 rings (SSSR count). The Bertz CT molecular complexity index is 837. The van der Waals surface area contributed by atoms with Gasteiger partial charge in [0.1, 0.15) is 0 Å². The van der Waals surface area contributed by atoms with Crippen LogP contribution in [0.5, 0.6) is 0 Å². The van der Waals surface area contributed by atoms with Crippen molar-refractivity contribution in [3.05, 3.63) is 0 Å². The molecule has 230 valence electrons. The Balaban J connectivity index is 5.62. The van der Waals surface area contributed by atoms with Crippen LogP contribution < -0.4 is 0 Å². The van der Waals surface area contributed by atoms with Crippen LogP contribution in [0.25, 0.3) is 0 Å². The van der Waals surface area contributed by atoms with Crippen molar-refractivity contribution in [2.45, 2.75) is 69.2 Å². The van der Waals surface area contributed by atoms with Gasteiger partial charge in [0.15, 0.2) is 0 Å². The SMILES string of the molecule is CC(C(=O)O)C(C(=O)OCC(C)C(C)(C)C(C)(C)C(C)COC(=O)C(C(C)C(=O)O)C(C)C(=O)O)C(C)C(=O)O. The van der Waals surface area contributed by atoms with Crippen molar-refractivity contribution in [3.63, 3.8) is 0 Å². The molecule has 0 radical (unpaired) electrons. The molecule has 0 aromatic rings. The fourth-order valence-corrected chi connectivity index (χ4v) is 4.59. The Morgan fingerprint density at radius 3 is 0.875 bits per heavy atom. The molecule has 0 aromatic carbocycles. The van der Waals surface area contributed by atoms with E-state index in [1.807, 2.05) is 41.5 Å². The summed E-state index contributed by atoms with van der Waals surface area (Å²) in [4.78, 5) is 71.5. The van der Waals surface area contributed by atoms with E-state index in [-0.39, 0.29) is 25.0 Å². The molecule has 0 aliphatic heterocycles. The second-order valence-electron chi connectivity index (χ2n) is 12.1. The maximum atomic E-state index is 12.8. The van der Waals surface area contributed by atoms with Gasteiger partial charge in [-0.1, -0.05) is 69.2 Å². The molecule has 12 heteroatoms. The first-order valence-corrected chi connectivity index (χ1v) is 13.3. The van der Waals surface area contributed by atoms with E-state index in [9.17, 15) is 49.2 Å². The molecular weight excluding hydrogens is 528 g/mol. The zero-order valence-electron chi connectivity index (χ0n) is 25.1. The molecule has 0 saturated heterocycles. The number of esters is 2. The Morgan fingerprint density at radius 2 is 0.700 bits per heavy atom. The summed E-state index contributed by atoms with van der Waals surface area (Å²) in [5, 5.41) is 37.4. The third-order valence-electron chi connectivity index (χ3n) is 9.33. The minimum absolute atomic E-state index is 0.120. The van der Waals surface area contributed by atoms with Gasteiger partial charge in [-0.05, 0) is 22.7 Å². The molecule has 0 aliphatic rings. The summed E-state index contributed by atoms with van der Waals surface area (Å²) in [5.74, 6) is -15.6. The van der Waals surface area contributed by atoms with E-state index in [0.29, 0.717) is 0 Å². The van der Waals surface area contributed by atoms with Crippen LogP contribution in [0.1, 0.15) is 69.2 Å². The van der Waals surface area contributed by atoms with Gasteiger partial charge < -0.3 is 29.9 Å². The average molecular weight is 575 g/mol. The van der Waals surface area contributed by atoms with E-state index in [2.05, 4.69) is 0 Å². The molecule has 0 aromatic heterocycles. The highest BCUT2D eigenvalue weighted by atomic mass is 16.5. The van der Waals surface area contributed by atoms with Crippen molar-refractivity contribution < 1.29 is 58.7 Å². The largest absolute Gasteiger partial charge is 0.481 e. The van der Waals surface area contributed by atoms with Crippen LogP contribution in [0.3, 0.4) is 0 Å². The lowest BCUT2D eigenvalue weighted by Crippen LogP contribution is -2.46. The van der Waals surface area contributed by atoms with Crippen LogP contribution in [0.2, 0.25) is 0 Å². The van der Waals surface area contributed by atoms with E-state index in [1.165, 1.54) is 27.7 Å². The van der Waals surface area contributed by atoms with Crippen molar-refractivity contribution in [2.24, 2.45) is 58.2 Å². The summed E-state index contributed by atoms with van der Waals surface area (Å²) in [6.07, 6.45) is 0. The fourth-order valence-electron chi connectivity index (χ4n) is 4.59. The van der Waals surface area contributed by atoms with Crippen molar-refractivity contribution in [1.29, 1.82) is 0 Å². The quantitative estimate of drug-likeness (QED) is 0.184. The van der Waals surface area contributed by atoms with Crippen LogP contribution in [-0.2, 0) is 38.2 Å². The van der Waals surface area contributed by atoms with Crippen molar-refractivity contribution >= 4 is 35.8 Å². The maximum absolute atomic E-state index is 12.8. The smallest absolute Gasteiger partial charge is 0.310 e. The number of carbonyl (C=O) groups is 6. The Labute approximate surface area is 235 Å². The Hall–Kier alpha value is -3.18. The van der Waals surface area contributed by atoms with E-state index in [0.717, 1.165) is 0 Å². The van der Waals surface area contributed by atoms with Gasteiger partial charge >= 0.3 is 35.8 Å². The van der Waals surface area contributed by atoms with Gasteiger partial charge in [0.05, 0.1) is 48.7 Å². The first kappa shape index (κ1) is 36.8. The summed E-state index contributed by atoms with van der Waals surface area (Å²) in [6, 6.07) is 0. The zero-order chi connectivity index (χ0) is 31.9. The molecule has 0 bridgehead atoms. The number of hydrogen-bond acceptors (Lipinski definition) is 8. The number of aliphatic carboxylic acids is 4. The highest BCUT2D eigenvalue weighted by Gasteiger charge is 2.47. The summed E-state index contributed by atoms with van der Waals surface area (Å²) in [6.45, 7) is 16.1. The van der Waals surface area contributed by atoms with Crippen LogP contribution in [0.4, 0.5) is 0 Å². The lowest BCUT2D eigenvalue weighted by Gasteiger charge is -2.49. The van der Waals surface area contributed by atoms with E-state index < -0.39 is 82.2 Å². The van der Waals surface area contributed by atoms with E-state index in [4.69, 9.17) is 9.47 Å². The second kappa shape index (κ2) is 14.5. The van der Waals surface area contributed by atoms with Crippen molar-refractivity contribution in [3.8, 4) is 0 Å². The average Bonchev–Trinajstić information content (AvgIpc) is 2.84. The molecule has 4 N–H and O–H groups in total. The summed E-state index contributed by atoms with van der Waals surface area (Å²) >= 11 is 0. The van der Waals surface area contributed by atoms with Gasteiger partial charge in [0.25, 0.3) is 0 Å². The normalized spacial score (nSPS) is 18.1. The van der Waals surface area contributed by atoms with Gasteiger partial charge in [0.2, 0.25) is 0 Å². The monoisotopic (exact) mass is 574 g/mol. The topological polar surface area (TPSA) is 202 Å². The Morgan fingerprint density at radius 1 is 0.500 bits per heavy atom. The first-order valence-electron chi connectivity index (χ1n) is 13.3. The third kappa shape index (κ3) is 8.66. The predicted octanol–water partition coefficient (Wildman–Crippen LogP) is 3.51. The molecule has 0 amide bonds. The zero-order valence-corrected chi connectivity index (χ0v) is 25.1. The van der Waals surface area contributed by atoms with Crippen molar-refractivity contribution in [1.82, 2.24) is 0 Å². The number of ether oxygens (including phenoxy) is 2. The lowest BCUT2D eigenvalue weighted by molar-refractivity contribution is -0.168. The van der Waals surface area contributed by atoms with Gasteiger partial charge in [-0.3, -0.25) is 28.8 Å². The molecule has 0 saturated carbocycles. The van der Waals surface area contributed by atoms with Gasteiger partial charge in [-0.15, -0.1) is 0 Å². The number of carbonyl (C=O) groups excluding carboxylic acids is 2. The molecule has 6 atom stereocenters. The van der Waals surface area contributed by atoms with Crippen LogP contribution in [0.15, 0.2) is 0 Å². The van der Waals surface area contributed by atoms with Gasteiger partial charge in [-0.2, -0.15) is 0 Å². The predicted molar refractivity (Wildman–Crippen MR) is 142 cm³/mol. The highest BCUT2D eigenvalue weighted by molar-refractivity contribution is 5.86. The molecule has 6 unspecified atom stereocenters. The molecule has 12 nitrogen and oxygen atoms in total. The van der Waals surface area contributed by atoms with Crippen LogP contribution in [-0.4, -0.2) is 69.5 Å². The summed E-state index contributed by atoms with van der Waals surface area (Å²) < 4.78 is 10.9. The molecule has 0 aliphatic carbocycles. The molecule has 0 fully saturated rings. The van der Waals surface area contributed by atoms with Crippen LogP contribution in [0, 0.1) is 58.2 Å². The fraction of sp³-hybridized carbons (Fsp3) is 0.786. The van der Waals surface area contributed by atoms with Gasteiger partial charge in [0, 0.05) is 0 Å². The molecule has 0 spiro atoms. The number of hydrogen-bond donors (Lipinski definition) is 4. The molecule has 40 heavy (non-hydrogen) atoms. The minimum atomic E-state index is -1.38. The first-order chi connectivity index (χ1) is 18.0. The standard InChI is InChI=1S/C28H46O12/c1-13(11-39-25(37)19(15(3)21(29)30)16(4)22(31)32)27(7,8)28(9,10)14(2)12-40-26(38)20(17(5)23(33)34)18(6)24(35)36/h13-20H,11-12H2,1-10H3,(H,29,30)(H,31,32)(H,33,34)(H,35,36). The lowest BCUT2D eigenvalue weighted by atomic mass is 9.57. The summed E-state index contributed by atoms with van der Waals surface area (Å²) in [5.41, 5.74) is -1.15. The summed E-state index contributed by atoms with van der Waals surface area (Å²) in [7, 11) is 0. The van der Waals surface area contributed by atoms with E-state index >= 15 is 0 Å². The van der Waals surface area contributed by atoms with E-state index in [1.54, 1.807) is 0 Å². The van der Waals surface area contributed by atoms with Crippen LogP contribution >= 0.6 is 0 Å². The number of carboxylic acids is 4. The Kier molecular flexibility index (Phi) is 13.3.